The van der Waals surface area contributed by atoms with Crippen molar-refractivity contribution in [1.82, 2.24) is 4.81 Å². The van der Waals surface area contributed by atoms with Crippen molar-refractivity contribution >= 4 is 13.1 Å². The maximum absolute atomic E-state index is 4.75. The predicted molar refractivity (Wildman–Crippen MR) is 109 cm³/mol. The number of allylic oxidation sites excluding steroid dienone is 1. The van der Waals surface area contributed by atoms with Crippen molar-refractivity contribution < 1.29 is 0 Å². The third-order valence-electron chi connectivity index (χ3n) is 4.56. The fraction of sp³-hybridized carbons (Fsp3) is 0.0870. The standard InChI is InChI=1S/C23H20BN2/c1-4-10-19(11-5-1)22-16-17-26(18-25-22)24-23(20-12-6-2-7-13-20)21-14-8-3-9-15-21/h1-17,23H,18H2. The average Bonchev–Trinajstić information content (AvgIpc) is 2.74. The zero-order chi connectivity index (χ0) is 17.6. The van der Waals surface area contributed by atoms with Gasteiger partial charge in [-0.25, -0.2) is 0 Å². The minimum Gasteiger partial charge on any atom is -0.407 e. The largest absolute Gasteiger partial charge is 0.407 e. The van der Waals surface area contributed by atoms with Crippen LogP contribution < -0.4 is 0 Å². The van der Waals surface area contributed by atoms with E-state index in [1.807, 2.05) is 18.2 Å². The molecule has 0 unspecified atom stereocenters. The fourth-order valence-electron chi connectivity index (χ4n) is 3.19. The molecule has 125 valence electrons. The van der Waals surface area contributed by atoms with E-state index in [0.29, 0.717) is 6.67 Å². The second-order valence-corrected chi connectivity index (χ2v) is 6.33. The molecule has 4 rings (SSSR count). The Hall–Kier alpha value is -3.07. The average molecular weight is 335 g/mol. The van der Waals surface area contributed by atoms with Crippen LogP contribution in [0.5, 0.6) is 0 Å². The zero-order valence-electron chi connectivity index (χ0n) is 14.6. The molecule has 3 aromatic rings. The van der Waals surface area contributed by atoms with Crippen LogP contribution in [0.1, 0.15) is 22.5 Å². The van der Waals surface area contributed by atoms with Crippen LogP contribution in [-0.2, 0) is 0 Å². The van der Waals surface area contributed by atoms with Gasteiger partial charge in [-0.2, -0.15) is 0 Å². The van der Waals surface area contributed by atoms with Crippen molar-refractivity contribution in [1.29, 1.82) is 0 Å². The monoisotopic (exact) mass is 335 g/mol. The minimum absolute atomic E-state index is 0.204. The molecule has 1 heterocycles. The first-order valence-electron chi connectivity index (χ1n) is 8.89. The molecule has 0 amide bonds. The fourth-order valence-corrected chi connectivity index (χ4v) is 3.19. The molecule has 0 N–H and O–H groups in total. The van der Waals surface area contributed by atoms with Gasteiger partial charge in [0.05, 0.1) is 12.4 Å². The molecule has 1 aliphatic heterocycles. The van der Waals surface area contributed by atoms with E-state index in [2.05, 4.69) is 97.3 Å². The molecule has 1 radical (unpaired) electrons. The normalized spacial score (nSPS) is 13.6. The minimum atomic E-state index is 0.204. The maximum atomic E-state index is 4.75. The second-order valence-electron chi connectivity index (χ2n) is 6.33. The molecular weight excluding hydrogens is 315 g/mol. The number of nitrogens with zero attached hydrogens (tertiary/aromatic N) is 2. The lowest BCUT2D eigenvalue weighted by Gasteiger charge is -2.27. The lowest BCUT2D eigenvalue weighted by Crippen LogP contribution is -2.31. The van der Waals surface area contributed by atoms with E-state index in [0.717, 1.165) is 11.3 Å². The number of hydrogen-bond acceptors (Lipinski definition) is 2. The molecule has 0 atom stereocenters. The Balaban J connectivity index is 1.53. The summed E-state index contributed by atoms with van der Waals surface area (Å²) in [4.78, 5) is 6.91. The van der Waals surface area contributed by atoms with E-state index in [1.165, 1.54) is 11.1 Å². The van der Waals surface area contributed by atoms with Gasteiger partial charge in [-0.1, -0.05) is 91.0 Å². The van der Waals surface area contributed by atoms with Gasteiger partial charge in [-0.15, -0.1) is 0 Å². The van der Waals surface area contributed by atoms with Gasteiger partial charge in [0.2, 0.25) is 0 Å². The summed E-state index contributed by atoms with van der Waals surface area (Å²) in [5.74, 6) is 0.204. The molecule has 0 spiro atoms. The summed E-state index contributed by atoms with van der Waals surface area (Å²) in [6, 6.07) is 31.5. The first-order chi connectivity index (χ1) is 12.9. The lowest BCUT2D eigenvalue weighted by molar-refractivity contribution is 0.592. The number of rotatable bonds is 5. The van der Waals surface area contributed by atoms with E-state index in [9.17, 15) is 0 Å². The van der Waals surface area contributed by atoms with Crippen LogP contribution in [0.4, 0.5) is 0 Å². The Morgan fingerprint density at radius 2 is 1.27 bits per heavy atom. The van der Waals surface area contributed by atoms with Gasteiger partial charge in [-0.05, 0) is 29.0 Å². The SMILES string of the molecule is [B](C(c1ccccc1)c1ccccc1)N1C=CC(c2ccccc2)=NC1. The summed E-state index contributed by atoms with van der Waals surface area (Å²) in [5, 5.41) is 0. The highest BCUT2D eigenvalue weighted by Crippen LogP contribution is 2.25. The number of hydrogen-bond donors (Lipinski definition) is 0. The van der Waals surface area contributed by atoms with Crippen molar-refractivity contribution in [3.05, 3.63) is 120 Å². The van der Waals surface area contributed by atoms with E-state index in [1.54, 1.807) is 0 Å². The van der Waals surface area contributed by atoms with Gasteiger partial charge < -0.3 is 4.81 Å². The van der Waals surface area contributed by atoms with Crippen LogP contribution in [0, 0.1) is 0 Å². The Morgan fingerprint density at radius 1 is 0.731 bits per heavy atom. The van der Waals surface area contributed by atoms with Crippen molar-refractivity contribution in [3.8, 4) is 0 Å². The van der Waals surface area contributed by atoms with Crippen LogP contribution in [0.2, 0.25) is 0 Å². The Morgan fingerprint density at radius 3 is 1.77 bits per heavy atom. The van der Waals surface area contributed by atoms with E-state index >= 15 is 0 Å². The number of aliphatic imine (C=N–C) groups is 1. The lowest BCUT2D eigenvalue weighted by atomic mass is 9.66. The van der Waals surface area contributed by atoms with Gasteiger partial charge in [0.1, 0.15) is 0 Å². The molecule has 3 heteroatoms. The zero-order valence-corrected chi connectivity index (χ0v) is 14.6. The highest BCUT2D eigenvalue weighted by Gasteiger charge is 2.20. The van der Waals surface area contributed by atoms with Gasteiger partial charge in [0.25, 0.3) is 7.41 Å². The van der Waals surface area contributed by atoms with Crippen molar-refractivity contribution in [2.45, 2.75) is 5.82 Å². The van der Waals surface area contributed by atoms with Gasteiger partial charge in [-0.3, -0.25) is 4.99 Å². The van der Waals surface area contributed by atoms with Crippen molar-refractivity contribution in [2.75, 3.05) is 6.67 Å². The molecule has 0 aliphatic carbocycles. The quantitative estimate of drug-likeness (QED) is 0.619. The Labute approximate surface area is 155 Å². The topological polar surface area (TPSA) is 15.6 Å². The summed E-state index contributed by atoms with van der Waals surface area (Å²) in [6.45, 7) is 0.636. The molecule has 2 nitrogen and oxygen atoms in total. The van der Waals surface area contributed by atoms with Crippen molar-refractivity contribution in [3.63, 3.8) is 0 Å². The summed E-state index contributed by atoms with van der Waals surface area (Å²) in [6.07, 6.45) is 4.20. The third kappa shape index (κ3) is 3.78. The second kappa shape index (κ2) is 7.88. The summed E-state index contributed by atoms with van der Waals surface area (Å²) < 4.78 is 0. The molecule has 3 aromatic carbocycles. The molecular formula is C23H20BN2. The first-order valence-corrected chi connectivity index (χ1v) is 8.89. The van der Waals surface area contributed by atoms with Crippen LogP contribution in [0.3, 0.4) is 0 Å². The molecule has 0 bridgehead atoms. The smallest absolute Gasteiger partial charge is 0.260 e. The van der Waals surface area contributed by atoms with Gasteiger partial charge in [0, 0.05) is 5.82 Å². The summed E-state index contributed by atoms with van der Waals surface area (Å²) in [7, 11) is 2.26. The van der Waals surface area contributed by atoms with Gasteiger partial charge in [0.15, 0.2) is 0 Å². The molecule has 1 aliphatic rings. The molecule has 0 saturated heterocycles. The Kier molecular flexibility index (Phi) is 4.97. The summed E-state index contributed by atoms with van der Waals surface area (Å²) >= 11 is 0. The Bertz CT molecular complexity index is 850. The van der Waals surface area contributed by atoms with E-state index < -0.39 is 0 Å². The molecule has 26 heavy (non-hydrogen) atoms. The van der Waals surface area contributed by atoms with Crippen LogP contribution >= 0.6 is 0 Å². The van der Waals surface area contributed by atoms with E-state index in [4.69, 9.17) is 4.99 Å². The maximum Gasteiger partial charge on any atom is 0.260 e. The van der Waals surface area contributed by atoms with E-state index in [-0.39, 0.29) is 5.82 Å². The van der Waals surface area contributed by atoms with Crippen LogP contribution in [-0.4, -0.2) is 24.6 Å². The first kappa shape index (κ1) is 16.4. The summed E-state index contributed by atoms with van der Waals surface area (Å²) in [5.41, 5.74) is 4.76. The molecule has 0 aromatic heterocycles. The predicted octanol–water partition coefficient (Wildman–Crippen LogP) is 4.67. The molecule has 0 saturated carbocycles. The van der Waals surface area contributed by atoms with Crippen LogP contribution in [0.15, 0.2) is 108 Å². The molecule has 0 fully saturated rings. The van der Waals surface area contributed by atoms with Crippen LogP contribution in [0.25, 0.3) is 0 Å². The van der Waals surface area contributed by atoms with Crippen molar-refractivity contribution in [2.24, 2.45) is 4.99 Å². The number of benzene rings is 3. The highest BCUT2D eigenvalue weighted by molar-refractivity contribution is 6.36. The highest BCUT2D eigenvalue weighted by atomic mass is 15.1. The van der Waals surface area contributed by atoms with Gasteiger partial charge >= 0.3 is 0 Å². The third-order valence-corrected chi connectivity index (χ3v) is 4.56.